The zero-order valence-electron chi connectivity index (χ0n) is 6.64. The molecule has 0 unspecified atom stereocenters. The monoisotopic (exact) mass is 270 g/mol. The van der Waals surface area contributed by atoms with Crippen molar-refractivity contribution in [1.29, 1.82) is 0 Å². The number of hydrogen-bond donors (Lipinski definition) is 4. The summed E-state index contributed by atoms with van der Waals surface area (Å²) >= 11 is 0. The highest BCUT2D eigenvalue weighted by Gasteiger charge is 2.18. The smallest absolute Gasteiger partial charge is 0.323 e. The van der Waals surface area contributed by atoms with Crippen LogP contribution in [0.1, 0.15) is 0 Å². The van der Waals surface area contributed by atoms with E-state index in [0.29, 0.717) is 0 Å². The summed E-state index contributed by atoms with van der Waals surface area (Å²) in [6.07, 6.45) is -2.24. The Morgan fingerprint density at radius 1 is 0.929 bits per heavy atom. The molecule has 0 spiro atoms. The van der Waals surface area contributed by atoms with E-state index in [-0.39, 0.29) is 0 Å². The predicted molar refractivity (Wildman–Crippen MR) is 45.0 cm³/mol. The molecule has 9 nitrogen and oxygen atoms in total. The summed E-state index contributed by atoms with van der Waals surface area (Å²) in [5, 5.41) is 0. The molecule has 0 radical (unpaired) electrons. The number of rotatable bonds is 6. The van der Waals surface area contributed by atoms with Gasteiger partial charge in [0.2, 0.25) is 0 Å². The van der Waals surface area contributed by atoms with E-state index >= 15 is 0 Å². The molecule has 0 bridgehead atoms. The van der Waals surface area contributed by atoms with Gasteiger partial charge in [-0.3, -0.25) is 22.7 Å². The summed E-state index contributed by atoms with van der Waals surface area (Å²) in [5.74, 6) is 0. The topological polar surface area (TPSA) is 151 Å². The Hall–Kier alpha value is 0.450. The fourth-order valence-corrected chi connectivity index (χ4v) is 2.59. The van der Waals surface area contributed by atoms with Gasteiger partial charge in [0.25, 0.3) is 0 Å². The summed E-state index contributed by atoms with van der Waals surface area (Å²) in [6.45, 7) is 0. The molecule has 0 aliphatic heterocycles. The molecule has 14 heavy (non-hydrogen) atoms. The Morgan fingerprint density at radius 2 is 1.21 bits per heavy atom. The number of hydrogen-bond acceptors (Lipinski definition) is 5. The molecular weight excluding hydrogens is 261 g/mol. The van der Waals surface area contributed by atoms with Gasteiger partial charge in [-0.05, 0) is 0 Å². The van der Waals surface area contributed by atoms with E-state index in [1.165, 1.54) is 0 Å². The van der Waals surface area contributed by atoms with E-state index in [1.807, 2.05) is 0 Å². The molecule has 0 rings (SSSR count). The van der Waals surface area contributed by atoms with Crippen molar-refractivity contribution in [2.24, 2.45) is 0 Å². The third-order valence-corrected chi connectivity index (χ3v) is 2.88. The highest BCUT2D eigenvalue weighted by molar-refractivity contribution is 7.52. The van der Waals surface area contributed by atoms with Crippen LogP contribution in [0.3, 0.4) is 0 Å². The van der Waals surface area contributed by atoms with Gasteiger partial charge in [0.05, 0.1) is 0 Å². The lowest BCUT2D eigenvalue weighted by atomic mass is 11.7. The Balaban J connectivity index is 3.79. The van der Waals surface area contributed by atoms with Crippen LogP contribution < -0.4 is 0 Å². The lowest BCUT2D eigenvalue weighted by Crippen LogP contribution is -1.92. The quantitative estimate of drug-likeness (QED) is 0.476. The third kappa shape index (κ3) is 10.5. The van der Waals surface area contributed by atoms with E-state index < -0.39 is 36.1 Å². The molecule has 0 aliphatic carbocycles. The van der Waals surface area contributed by atoms with Crippen LogP contribution in [-0.4, -0.2) is 32.3 Å². The third-order valence-electron chi connectivity index (χ3n) is 0.701. The zero-order chi connectivity index (χ0) is 11.4. The normalized spacial score (nSPS) is 13.5. The molecule has 0 aliphatic rings. The van der Waals surface area contributed by atoms with Gasteiger partial charge in [-0.25, -0.2) is 0 Å². The minimum absolute atomic E-state index is 1.12. The lowest BCUT2D eigenvalue weighted by Gasteiger charge is -2.07. The van der Waals surface area contributed by atoms with Crippen molar-refractivity contribution in [2.45, 2.75) is 0 Å². The van der Waals surface area contributed by atoms with E-state index in [2.05, 4.69) is 9.05 Å². The van der Waals surface area contributed by atoms with Gasteiger partial charge in [0, 0.05) is 0 Å². The van der Waals surface area contributed by atoms with Crippen molar-refractivity contribution in [3.05, 3.63) is 0 Å². The SMILES string of the molecule is O=[PH](OCP(=O)(O)O)OCP(=O)(O)O. The van der Waals surface area contributed by atoms with Crippen LogP contribution in [0.4, 0.5) is 0 Å². The maximum absolute atomic E-state index is 10.6. The minimum atomic E-state index is -4.45. The van der Waals surface area contributed by atoms with Gasteiger partial charge >= 0.3 is 23.4 Å². The molecule has 0 aromatic carbocycles. The van der Waals surface area contributed by atoms with Gasteiger partial charge in [-0.15, -0.1) is 0 Å². The van der Waals surface area contributed by atoms with Crippen LogP contribution in [0.2, 0.25) is 0 Å². The molecule has 4 N–H and O–H groups in total. The fourth-order valence-electron chi connectivity index (χ4n) is 0.315. The molecule has 0 amide bonds. The standard InChI is InChI=1S/C2H9O9P3/c3-12(10-1-13(4,5)6)11-2-14(7,8)9/h12H,1-2H2,(H2,4,5,6)(H2,7,8,9). The average Bonchev–Trinajstić information content (AvgIpc) is 1.94. The average molecular weight is 270 g/mol. The fraction of sp³-hybridized carbons (Fsp3) is 1.00. The first-order valence-electron chi connectivity index (χ1n) is 2.99. The van der Waals surface area contributed by atoms with Gasteiger partial charge in [0.1, 0.15) is 0 Å². The highest BCUT2D eigenvalue weighted by atomic mass is 31.2. The predicted octanol–water partition coefficient (Wildman–Crippen LogP) is -0.320. The summed E-state index contributed by atoms with van der Waals surface area (Å²) in [7, 11) is -12.2. The summed E-state index contributed by atoms with van der Waals surface area (Å²) in [4.78, 5) is 33.0. The van der Waals surface area contributed by atoms with Crippen LogP contribution in [0.15, 0.2) is 0 Å². The zero-order valence-corrected chi connectivity index (χ0v) is 9.43. The maximum atomic E-state index is 10.6. The van der Waals surface area contributed by atoms with Crippen molar-refractivity contribution >= 4 is 23.4 Å². The Labute approximate surface area is 79.3 Å². The molecule has 0 heterocycles. The van der Waals surface area contributed by atoms with Crippen LogP contribution in [0, 0.1) is 0 Å². The second-order valence-corrected chi connectivity index (χ2v) is 6.38. The summed E-state index contributed by atoms with van der Waals surface area (Å²) < 4.78 is 39.0. The summed E-state index contributed by atoms with van der Waals surface area (Å²) in [5.41, 5.74) is 0. The van der Waals surface area contributed by atoms with E-state index in [9.17, 15) is 13.7 Å². The van der Waals surface area contributed by atoms with Crippen molar-refractivity contribution in [3.8, 4) is 0 Å². The first-order valence-corrected chi connectivity index (χ1v) is 7.81. The summed E-state index contributed by atoms with van der Waals surface area (Å²) in [6, 6.07) is 0. The van der Waals surface area contributed by atoms with E-state index in [0.717, 1.165) is 0 Å². The Kier molecular flexibility index (Phi) is 5.69. The molecule has 86 valence electrons. The lowest BCUT2D eigenvalue weighted by molar-refractivity contribution is 0.238. The Bertz CT molecular complexity index is 256. The molecule has 0 saturated heterocycles. The second kappa shape index (κ2) is 5.51. The van der Waals surface area contributed by atoms with Crippen LogP contribution in [-0.2, 0) is 22.7 Å². The molecular formula is C2H9O9P3. The van der Waals surface area contributed by atoms with Crippen LogP contribution in [0.25, 0.3) is 0 Å². The largest absolute Gasteiger partial charge is 0.351 e. The first-order chi connectivity index (χ1) is 6.10. The van der Waals surface area contributed by atoms with Crippen molar-refractivity contribution < 1.29 is 42.3 Å². The van der Waals surface area contributed by atoms with E-state index in [4.69, 9.17) is 19.6 Å². The molecule has 0 atom stereocenters. The van der Waals surface area contributed by atoms with Crippen LogP contribution in [0.5, 0.6) is 0 Å². The van der Waals surface area contributed by atoms with Crippen molar-refractivity contribution in [1.82, 2.24) is 0 Å². The molecule has 0 aromatic heterocycles. The van der Waals surface area contributed by atoms with Gasteiger partial charge in [0.15, 0.2) is 12.7 Å². The van der Waals surface area contributed by atoms with Crippen molar-refractivity contribution in [2.75, 3.05) is 12.7 Å². The van der Waals surface area contributed by atoms with Gasteiger partial charge < -0.3 is 19.6 Å². The second-order valence-electron chi connectivity index (χ2n) is 2.13. The minimum Gasteiger partial charge on any atom is -0.323 e. The van der Waals surface area contributed by atoms with Gasteiger partial charge in [-0.2, -0.15) is 0 Å². The molecule has 0 aromatic rings. The molecule has 0 saturated carbocycles. The van der Waals surface area contributed by atoms with Crippen LogP contribution >= 0.6 is 23.4 Å². The van der Waals surface area contributed by atoms with Gasteiger partial charge in [-0.1, -0.05) is 0 Å². The maximum Gasteiger partial charge on any atom is 0.351 e. The van der Waals surface area contributed by atoms with Crippen molar-refractivity contribution in [3.63, 3.8) is 0 Å². The molecule has 0 fully saturated rings. The highest BCUT2D eigenvalue weighted by Crippen LogP contribution is 2.42. The Morgan fingerprint density at radius 3 is 1.43 bits per heavy atom. The molecule has 12 heteroatoms. The first kappa shape index (κ1) is 14.5. The van der Waals surface area contributed by atoms with E-state index in [1.54, 1.807) is 0 Å².